The van der Waals surface area contributed by atoms with Crippen LogP contribution in [0.4, 0.5) is 14.6 Å². The van der Waals surface area contributed by atoms with E-state index in [9.17, 15) is 26.8 Å². The molecule has 3 aromatic carbocycles. The summed E-state index contributed by atoms with van der Waals surface area (Å²) in [5.74, 6) is -3.59. The summed E-state index contributed by atoms with van der Waals surface area (Å²) in [6.45, 7) is 0. The van der Waals surface area contributed by atoms with Gasteiger partial charge in [-0.3, -0.25) is 9.59 Å². The van der Waals surface area contributed by atoms with Crippen LogP contribution in [-0.4, -0.2) is 25.1 Å². The molecule has 4 aromatic rings. The number of hydrogen-bond acceptors (Lipinski definition) is 5. The highest BCUT2D eigenvalue weighted by Gasteiger charge is 2.20. The zero-order valence-corrected chi connectivity index (χ0v) is 20.5. The maximum absolute atomic E-state index is 14.0. The normalized spacial score (nSPS) is 11.2. The number of Topliss-reactive ketones (excluding diaryl/α,β-unsaturated/α-hetero) is 1. The number of carbonyl (C=O) groups excluding carboxylic acids is 2. The van der Waals surface area contributed by atoms with Gasteiger partial charge in [0.15, 0.2) is 17.4 Å². The number of benzene rings is 3. The van der Waals surface area contributed by atoms with Gasteiger partial charge in [-0.1, -0.05) is 54.1 Å². The van der Waals surface area contributed by atoms with Crippen molar-refractivity contribution in [2.75, 3.05) is 5.32 Å². The topological polar surface area (TPSA) is 119 Å². The number of pyridine rings is 1. The lowest BCUT2D eigenvalue weighted by atomic mass is 9.96. The molecule has 4 rings (SSSR count). The van der Waals surface area contributed by atoms with Crippen molar-refractivity contribution in [1.82, 2.24) is 4.98 Å². The van der Waals surface area contributed by atoms with E-state index < -0.39 is 39.8 Å². The number of anilines is 1. The minimum Gasteiger partial charge on any atom is -0.307 e. The van der Waals surface area contributed by atoms with E-state index in [0.29, 0.717) is 16.1 Å². The fraction of sp³-hybridized carbons (Fsp3) is 0.0385. The highest BCUT2D eigenvalue weighted by molar-refractivity contribution is 7.89. The van der Waals surface area contributed by atoms with E-state index in [1.807, 2.05) is 0 Å². The average molecular weight is 542 g/mol. The molecular formula is C26H18ClF2N3O4S. The molecule has 0 atom stereocenters. The molecule has 0 radical (unpaired) electrons. The first-order valence-electron chi connectivity index (χ1n) is 10.7. The second-order valence-electron chi connectivity index (χ2n) is 7.96. The first kappa shape index (κ1) is 26.1. The molecule has 1 aromatic heterocycles. The number of rotatable bonds is 7. The van der Waals surface area contributed by atoms with E-state index in [0.717, 1.165) is 12.1 Å². The van der Waals surface area contributed by atoms with Crippen molar-refractivity contribution in [3.63, 3.8) is 0 Å². The number of sulfonamides is 1. The van der Waals surface area contributed by atoms with Crippen molar-refractivity contribution in [1.29, 1.82) is 0 Å². The van der Waals surface area contributed by atoms with Gasteiger partial charge in [0, 0.05) is 29.3 Å². The summed E-state index contributed by atoms with van der Waals surface area (Å²) in [6.07, 6.45) is 0.902. The summed E-state index contributed by atoms with van der Waals surface area (Å²) in [4.78, 5) is 29.6. The van der Waals surface area contributed by atoms with Crippen molar-refractivity contribution in [3.8, 4) is 11.1 Å². The molecule has 0 saturated carbocycles. The molecular weight excluding hydrogens is 524 g/mol. The quantitative estimate of drug-likeness (QED) is 0.319. The third kappa shape index (κ3) is 6.05. The van der Waals surface area contributed by atoms with Gasteiger partial charge in [0.25, 0.3) is 5.91 Å². The number of aromatic nitrogens is 1. The lowest BCUT2D eigenvalue weighted by Gasteiger charge is -2.11. The van der Waals surface area contributed by atoms with Gasteiger partial charge in [-0.05, 0) is 41.5 Å². The Kier molecular flexibility index (Phi) is 7.44. The molecule has 1 amide bonds. The second-order valence-corrected chi connectivity index (χ2v) is 9.92. The third-order valence-electron chi connectivity index (χ3n) is 5.42. The lowest BCUT2D eigenvalue weighted by molar-refractivity contribution is 0.0992. The summed E-state index contributed by atoms with van der Waals surface area (Å²) in [5, 5.41) is 8.10. The van der Waals surface area contributed by atoms with Crippen LogP contribution in [0.5, 0.6) is 0 Å². The molecule has 0 unspecified atom stereocenters. The van der Waals surface area contributed by atoms with E-state index in [2.05, 4.69) is 10.3 Å². The fourth-order valence-corrected chi connectivity index (χ4v) is 4.52. The van der Waals surface area contributed by atoms with Crippen LogP contribution in [0.15, 0.2) is 83.9 Å². The van der Waals surface area contributed by atoms with Gasteiger partial charge in [-0.2, -0.15) is 0 Å². The molecule has 1 heterocycles. The summed E-state index contributed by atoms with van der Waals surface area (Å²) >= 11 is 5.78. The van der Waals surface area contributed by atoms with Gasteiger partial charge in [-0.15, -0.1) is 0 Å². The Hall–Kier alpha value is -3.99. The minimum absolute atomic E-state index is 0.0287. The van der Waals surface area contributed by atoms with Gasteiger partial charge in [0.1, 0.15) is 5.82 Å². The summed E-state index contributed by atoms with van der Waals surface area (Å²) in [5.41, 5.74) is 0.818. The molecule has 0 bridgehead atoms. The number of ketones is 1. The summed E-state index contributed by atoms with van der Waals surface area (Å²) in [7, 11) is -3.98. The van der Waals surface area contributed by atoms with Gasteiger partial charge in [0.2, 0.25) is 10.0 Å². The molecule has 0 saturated heterocycles. The third-order valence-corrected chi connectivity index (χ3v) is 6.61. The Morgan fingerprint density at radius 3 is 2.27 bits per heavy atom. The van der Waals surface area contributed by atoms with E-state index >= 15 is 0 Å². The van der Waals surface area contributed by atoms with Gasteiger partial charge in [-0.25, -0.2) is 27.3 Å². The molecule has 11 heteroatoms. The van der Waals surface area contributed by atoms with Crippen molar-refractivity contribution >= 4 is 39.1 Å². The first-order chi connectivity index (χ1) is 17.5. The lowest BCUT2D eigenvalue weighted by Crippen LogP contribution is -2.17. The highest BCUT2D eigenvalue weighted by Crippen LogP contribution is 2.27. The van der Waals surface area contributed by atoms with Crippen molar-refractivity contribution in [2.24, 2.45) is 5.14 Å². The number of halogens is 3. The molecule has 3 N–H and O–H groups in total. The Labute approximate surface area is 216 Å². The van der Waals surface area contributed by atoms with Gasteiger partial charge < -0.3 is 5.32 Å². The molecule has 7 nitrogen and oxygen atoms in total. The van der Waals surface area contributed by atoms with Crippen LogP contribution in [0.3, 0.4) is 0 Å². The van der Waals surface area contributed by atoms with E-state index in [4.69, 9.17) is 16.7 Å². The number of amides is 1. The van der Waals surface area contributed by atoms with Crippen LogP contribution in [0.2, 0.25) is 5.02 Å². The summed E-state index contributed by atoms with van der Waals surface area (Å²) < 4.78 is 51.8. The minimum atomic E-state index is -3.98. The Morgan fingerprint density at radius 2 is 1.62 bits per heavy atom. The summed E-state index contributed by atoms with van der Waals surface area (Å²) in [6, 6.07) is 16.6. The van der Waals surface area contributed by atoms with Crippen molar-refractivity contribution in [3.05, 3.63) is 112 Å². The SMILES string of the molecule is NS(=O)(=O)c1ccccc1-c1ccc(C(=O)Cc2cc(F)c(F)cc2C(=O)Nc2ccc(Cl)cn2)cc1. The van der Waals surface area contributed by atoms with Crippen molar-refractivity contribution in [2.45, 2.75) is 11.3 Å². The van der Waals surface area contributed by atoms with E-state index in [-0.39, 0.29) is 27.4 Å². The highest BCUT2D eigenvalue weighted by atomic mass is 35.5. The second kappa shape index (κ2) is 10.6. The number of nitrogens with one attached hydrogen (secondary N) is 1. The van der Waals surface area contributed by atoms with Crippen LogP contribution in [0.25, 0.3) is 11.1 Å². The predicted molar refractivity (Wildman–Crippen MR) is 135 cm³/mol. The Balaban J connectivity index is 1.59. The number of primary sulfonamides is 1. The van der Waals surface area contributed by atoms with Crippen LogP contribution in [-0.2, 0) is 16.4 Å². The van der Waals surface area contributed by atoms with Crippen LogP contribution >= 0.6 is 11.6 Å². The largest absolute Gasteiger partial charge is 0.307 e. The average Bonchev–Trinajstić information content (AvgIpc) is 2.87. The maximum Gasteiger partial charge on any atom is 0.257 e. The molecule has 188 valence electrons. The molecule has 37 heavy (non-hydrogen) atoms. The number of nitrogens with zero attached hydrogens (tertiary/aromatic N) is 1. The smallest absolute Gasteiger partial charge is 0.257 e. The molecule has 0 aliphatic carbocycles. The number of carbonyl (C=O) groups is 2. The van der Waals surface area contributed by atoms with Crippen molar-refractivity contribution < 1.29 is 26.8 Å². The predicted octanol–water partition coefficient (Wildman–Crippen LogP) is 5.01. The molecule has 0 fully saturated rings. The maximum atomic E-state index is 14.0. The monoisotopic (exact) mass is 541 g/mol. The van der Waals surface area contributed by atoms with Crippen LogP contribution < -0.4 is 10.5 Å². The van der Waals surface area contributed by atoms with E-state index in [1.54, 1.807) is 30.3 Å². The number of hydrogen-bond donors (Lipinski definition) is 2. The van der Waals surface area contributed by atoms with Gasteiger partial charge in [0.05, 0.1) is 9.92 Å². The number of nitrogens with two attached hydrogens (primary N) is 1. The molecule has 0 aliphatic heterocycles. The zero-order chi connectivity index (χ0) is 26.7. The Morgan fingerprint density at radius 1 is 0.946 bits per heavy atom. The van der Waals surface area contributed by atoms with Crippen LogP contribution in [0, 0.1) is 11.6 Å². The molecule has 0 aliphatic rings. The standard InChI is InChI=1S/C26H18ClF2N3O4S/c27-18-9-10-25(31-14-18)32-26(34)20-13-22(29)21(28)11-17(20)12-23(33)16-7-5-15(6-8-16)19-3-1-2-4-24(19)37(30,35)36/h1-11,13-14H,12H2,(H2,30,35,36)(H,31,32,34). The first-order valence-corrected chi connectivity index (χ1v) is 12.6. The molecule has 0 spiro atoms. The van der Waals surface area contributed by atoms with Crippen LogP contribution in [0.1, 0.15) is 26.3 Å². The van der Waals surface area contributed by atoms with E-state index in [1.165, 1.54) is 36.5 Å². The van der Waals surface area contributed by atoms with Gasteiger partial charge >= 0.3 is 0 Å². The zero-order valence-electron chi connectivity index (χ0n) is 18.9. The fourth-order valence-electron chi connectivity index (χ4n) is 3.64. The Bertz CT molecular complexity index is 1610.